The molecule has 1 fully saturated rings. The van der Waals surface area contributed by atoms with Gasteiger partial charge in [-0.3, -0.25) is 15.2 Å². The predicted molar refractivity (Wildman–Crippen MR) is 135 cm³/mol. The largest absolute Gasteiger partial charge is 0.437 e. The van der Waals surface area contributed by atoms with Crippen LogP contribution in [0.25, 0.3) is 10.9 Å². The number of benzene rings is 1. The fourth-order valence-corrected chi connectivity index (χ4v) is 5.95. The zero-order valence-electron chi connectivity index (χ0n) is 21.5. The number of alkyl halides is 3. The molecule has 210 valence electrons. The molecule has 0 radical (unpaired) electrons. The Morgan fingerprint density at radius 3 is 2.80 bits per heavy atom. The number of rotatable bonds is 2. The van der Waals surface area contributed by atoms with E-state index in [1.807, 2.05) is 19.1 Å². The first kappa shape index (κ1) is 25.9. The molecule has 2 aromatic heterocycles. The van der Waals surface area contributed by atoms with E-state index in [0.29, 0.717) is 46.3 Å². The lowest BCUT2D eigenvalue weighted by Gasteiger charge is -2.43. The number of aromatic amines is 1. The molecule has 3 N–H and O–H groups in total. The molecule has 1 aromatic carbocycles. The molecule has 3 aliphatic heterocycles. The van der Waals surface area contributed by atoms with Crippen LogP contribution in [0.3, 0.4) is 0 Å². The number of carbonyl (C=O) groups is 3. The molecule has 11 nitrogen and oxygen atoms in total. The minimum Gasteiger partial charge on any atom is -0.437 e. The standard InChI is InChI=1S/C26H26F3N7O4/c1-14-9-15-10-19(22(37)36(13-26(27,28)29)12-17(15)16-11-31-34-20(14)16)32-23(38)35-7-4-25(5-8-35)18-3-2-6-30-21(18)33-24(39)40-25/h2-3,6,9,11,19H,4-5,7-8,10,12-13H2,1H3,(H,31,34)(H,32,38)(H,30,33,39). The summed E-state index contributed by atoms with van der Waals surface area (Å²) in [5.41, 5.74) is 2.55. The van der Waals surface area contributed by atoms with Crippen molar-refractivity contribution in [3.63, 3.8) is 0 Å². The van der Waals surface area contributed by atoms with Gasteiger partial charge >= 0.3 is 18.3 Å². The summed E-state index contributed by atoms with van der Waals surface area (Å²) in [6.45, 7) is 0.552. The predicted octanol–water partition coefficient (Wildman–Crippen LogP) is 3.34. The number of pyridine rings is 1. The highest BCUT2D eigenvalue weighted by molar-refractivity contribution is 5.91. The van der Waals surface area contributed by atoms with Crippen LogP contribution in [0.15, 0.2) is 30.6 Å². The molecule has 6 rings (SSSR count). The van der Waals surface area contributed by atoms with E-state index in [1.165, 1.54) is 4.90 Å². The Kier molecular flexibility index (Phi) is 6.07. The third kappa shape index (κ3) is 4.56. The third-order valence-corrected chi connectivity index (χ3v) is 7.85. The van der Waals surface area contributed by atoms with Crippen molar-refractivity contribution in [2.24, 2.45) is 0 Å². The van der Waals surface area contributed by atoms with E-state index in [-0.39, 0.29) is 26.1 Å². The molecule has 3 aromatic rings. The number of anilines is 1. The average Bonchev–Trinajstić information content (AvgIpc) is 3.36. The van der Waals surface area contributed by atoms with Crippen LogP contribution < -0.4 is 10.6 Å². The number of hydrogen-bond acceptors (Lipinski definition) is 6. The smallest absolute Gasteiger partial charge is 0.413 e. The maximum absolute atomic E-state index is 13.5. The maximum atomic E-state index is 13.5. The van der Waals surface area contributed by atoms with Gasteiger partial charge in [-0.15, -0.1) is 0 Å². The molecule has 1 saturated heterocycles. The van der Waals surface area contributed by atoms with Crippen LogP contribution in [-0.4, -0.2) is 74.9 Å². The van der Waals surface area contributed by atoms with E-state index in [4.69, 9.17) is 4.74 Å². The first-order chi connectivity index (χ1) is 19.0. The molecule has 1 unspecified atom stereocenters. The van der Waals surface area contributed by atoms with E-state index >= 15 is 0 Å². The van der Waals surface area contributed by atoms with Gasteiger partial charge in [0.25, 0.3) is 0 Å². The zero-order valence-corrected chi connectivity index (χ0v) is 21.5. The number of H-pyrrole nitrogens is 1. The van der Waals surface area contributed by atoms with E-state index in [2.05, 4.69) is 25.8 Å². The fraction of sp³-hybridized carbons (Fsp3) is 0.423. The van der Waals surface area contributed by atoms with Crippen LogP contribution in [0, 0.1) is 6.92 Å². The van der Waals surface area contributed by atoms with Gasteiger partial charge in [0.15, 0.2) is 0 Å². The van der Waals surface area contributed by atoms with Gasteiger partial charge in [0, 0.05) is 56.0 Å². The first-order valence-corrected chi connectivity index (χ1v) is 12.8. The fourth-order valence-electron chi connectivity index (χ4n) is 5.95. The Balaban J connectivity index is 1.23. The number of aromatic nitrogens is 3. The van der Waals surface area contributed by atoms with Crippen LogP contribution in [-0.2, 0) is 28.1 Å². The number of hydrogen-bond donors (Lipinski definition) is 3. The normalized spacial score (nSPS) is 20.4. The van der Waals surface area contributed by atoms with Crippen molar-refractivity contribution in [2.75, 3.05) is 25.0 Å². The second kappa shape index (κ2) is 9.38. The van der Waals surface area contributed by atoms with Crippen LogP contribution in [0.4, 0.5) is 28.6 Å². The lowest BCUT2D eigenvalue weighted by molar-refractivity contribution is -0.163. The number of halogens is 3. The van der Waals surface area contributed by atoms with E-state index < -0.39 is 42.4 Å². The summed E-state index contributed by atoms with van der Waals surface area (Å²) in [5, 5.41) is 12.8. The first-order valence-electron chi connectivity index (χ1n) is 12.8. The summed E-state index contributed by atoms with van der Waals surface area (Å²) < 4.78 is 46.1. The summed E-state index contributed by atoms with van der Waals surface area (Å²) in [6, 6.07) is 3.60. The number of nitrogens with one attached hydrogen (secondary N) is 3. The number of fused-ring (bicyclic) bond motifs is 5. The van der Waals surface area contributed by atoms with Gasteiger partial charge in [-0.2, -0.15) is 18.3 Å². The molecule has 0 saturated carbocycles. The molecule has 1 atom stereocenters. The SMILES string of the molecule is Cc1cc2c(c3cn[nH]c13)CN(CC(F)(F)F)C(=O)C(NC(=O)N1CCC3(CC1)OC(=O)Nc1ncccc13)C2. The van der Waals surface area contributed by atoms with Crippen molar-refractivity contribution < 1.29 is 32.3 Å². The number of amides is 4. The Bertz CT molecular complexity index is 1510. The van der Waals surface area contributed by atoms with Gasteiger partial charge in [0.05, 0.1) is 11.7 Å². The average molecular weight is 558 g/mol. The Labute approximate surface area is 226 Å². The van der Waals surface area contributed by atoms with Gasteiger partial charge in [-0.1, -0.05) is 6.07 Å². The van der Waals surface area contributed by atoms with Gasteiger partial charge in [-0.25, -0.2) is 14.6 Å². The molecule has 5 heterocycles. The van der Waals surface area contributed by atoms with Crippen LogP contribution >= 0.6 is 0 Å². The van der Waals surface area contributed by atoms with Crippen molar-refractivity contribution in [1.82, 2.24) is 30.3 Å². The van der Waals surface area contributed by atoms with Gasteiger partial charge in [0.2, 0.25) is 5.91 Å². The number of carbonyl (C=O) groups excluding carboxylic acids is 3. The van der Waals surface area contributed by atoms with Crippen molar-refractivity contribution in [2.45, 2.75) is 50.6 Å². The maximum Gasteiger partial charge on any atom is 0.413 e. The third-order valence-electron chi connectivity index (χ3n) is 7.85. The van der Waals surface area contributed by atoms with Crippen molar-refractivity contribution in [1.29, 1.82) is 0 Å². The highest BCUT2D eigenvalue weighted by Crippen LogP contribution is 2.42. The van der Waals surface area contributed by atoms with E-state index in [1.54, 1.807) is 18.5 Å². The highest BCUT2D eigenvalue weighted by atomic mass is 19.4. The Hall–Kier alpha value is -4.36. The lowest BCUT2D eigenvalue weighted by Crippen LogP contribution is -2.56. The quantitative estimate of drug-likeness (QED) is 0.443. The molecule has 3 aliphatic rings. The molecular formula is C26H26F3N7O4. The van der Waals surface area contributed by atoms with Crippen LogP contribution in [0.5, 0.6) is 0 Å². The van der Waals surface area contributed by atoms with Gasteiger partial charge in [0.1, 0.15) is 24.0 Å². The van der Waals surface area contributed by atoms with Gasteiger partial charge in [-0.05, 0) is 35.7 Å². The molecular weight excluding hydrogens is 531 g/mol. The summed E-state index contributed by atoms with van der Waals surface area (Å²) in [7, 11) is 0. The summed E-state index contributed by atoms with van der Waals surface area (Å²) >= 11 is 0. The van der Waals surface area contributed by atoms with Crippen LogP contribution in [0.2, 0.25) is 0 Å². The van der Waals surface area contributed by atoms with Gasteiger partial charge < -0.3 is 19.9 Å². The minimum absolute atomic E-state index is 0.0380. The molecule has 1 spiro atoms. The Morgan fingerprint density at radius 1 is 1.27 bits per heavy atom. The summed E-state index contributed by atoms with van der Waals surface area (Å²) in [6.07, 6.45) is -1.51. The summed E-state index contributed by atoms with van der Waals surface area (Å²) in [5.74, 6) is -0.400. The second-order valence-electron chi connectivity index (χ2n) is 10.4. The zero-order chi connectivity index (χ0) is 28.2. The molecule has 0 bridgehead atoms. The lowest BCUT2D eigenvalue weighted by atomic mass is 9.83. The molecule has 4 amide bonds. The second-order valence-corrected chi connectivity index (χ2v) is 10.4. The number of urea groups is 1. The van der Waals surface area contributed by atoms with E-state index in [0.717, 1.165) is 10.5 Å². The molecule has 0 aliphatic carbocycles. The monoisotopic (exact) mass is 557 g/mol. The summed E-state index contributed by atoms with van der Waals surface area (Å²) in [4.78, 5) is 45.3. The van der Waals surface area contributed by atoms with Crippen molar-refractivity contribution in [3.8, 4) is 0 Å². The van der Waals surface area contributed by atoms with Crippen molar-refractivity contribution in [3.05, 3.63) is 52.8 Å². The highest BCUT2D eigenvalue weighted by Gasteiger charge is 2.46. The molecule has 40 heavy (non-hydrogen) atoms. The van der Waals surface area contributed by atoms with Crippen LogP contribution in [0.1, 0.15) is 35.1 Å². The molecule has 14 heteroatoms. The van der Waals surface area contributed by atoms with E-state index in [9.17, 15) is 27.6 Å². The topological polar surface area (TPSA) is 133 Å². The minimum atomic E-state index is -4.62. The number of ether oxygens (including phenoxy) is 1. The van der Waals surface area contributed by atoms with Crippen molar-refractivity contribution >= 4 is 34.8 Å². The number of nitrogens with zero attached hydrogens (tertiary/aromatic N) is 4. The number of aryl methyl sites for hydroxylation is 1. The Morgan fingerprint density at radius 2 is 2.05 bits per heavy atom. The number of likely N-dealkylation sites (tertiary alicyclic amines) is 1. The number of piperidine rings is 1.